The molecular weight excluding hydrogens is 302 g/mol. The molecule has 1 unspecified atom stereocenters. The molecule has 0 N–H and O–H groups in total. The first-order valence-electron chi connectivity index (χ1n) is 9.27. The Morgan fingerprint density at radius 1 is 0.958 bits per heavy atom. The van der Waals surface area contributed by atoms with E-state index in [4.69, 9.17) is 4.74 Å². The van der Waals surface area contributed by atoms with Gasteiger partial charge >= 0.3 is 5.97 Å². The number of amides is 1. The van der Waals surface area contributed by atoms with Crippen molar-refractivity contribution in [1.82, 2.24) is 4.90 Å². The van der Waals surface area contributed by atoms with E-state index >= 15 is 0 Å². The molecule has 4 heteroatoms. The van der Waals surface area contributed by atoms with Gasteiger partial charge in [-0.15, -0.1) is 0 Å². The van der Waals surface area contributed by atoms with Crippen LogP contribution in [-0.2, 0) is 22.4 Å². The van der Waals surface area contributed by atoms with Gasteiger partial charge in [0.25, 0.3) is 5.91 Å². The minimum atomic E-state index is -0.716. The van der Waals surface area contributed by atoms with Crippen molar-refractivity contribution in [3.8, 4) is 0 Å². The highest BCUT2D eigenvalue weighted by Crippen LogP contribution is 2.23. The maximum absolute atomic E-state index is 12.5. The Hall–Kier alpha value is -1.84. The molecule has 1 aromatic carbocycles. The summed E-state index contributed by atoms with van der Waals surface area (Å²) >= 11 is 0. The van der Waals surface area contributed by atoms with E-state index < -0.39 is 6.10 Å². The summed E-state index contributed by atoms with van der Waals surface area (Å²) in [6.07, 6.45) is 8.22. The second-order valence-electron chi connectivity index (χ2n) is 6.98. The van der Waals surface area contributed by atoms with E-state index in [0.29, 0.717) is 5.56 Å². The molecular formula is C20H27NO3. The van der Waals surface area contributed by atoms with Crippen molar-refractivity contribution in [2.24, 2.45) is 0 Å². The van der Waals surface area contributed by atoms with Crippen molar-refractivity contribution in [3.05, 3.63) is 34.9 Å². The number of fused-ring (bicyclic) bond motifs is 1. The van der Waals surface area contributed by atoms with E-state index in [1.54, 1.807) is 6.92 Å². The number of hydrogen-bond donors (Lipinski definition) is 0. The van der Waals surface area contributed by atoms with Crippen LogP contribution in [0, 0.1) is 0 Å². The Bertz CT molecular complexity index is 603. The lowest BCUT2D eigenvalue weighted by Gasteiger charge is -2.24. The molecule has 4 nitrogen and oxygen atoms in total. The standard InChI is InChI=1S/C20H27NO3/c1-15(19(22)21-12-6-2-3-7-13-21)24-20(23)18-11-10-16-8-4-5-9-17(16)14-18/h10-11,14-15H,2-9,12-13H2,1H3. The molecule has 2 aliphatic rings. The van der Waals surface area contributed by atoms with Gasteiger partial charge in [-0.05, 0) is 68.7 Å². The zero-order valence-corrected chi connectivity index (χ0v) is 14.6. The summed E-state index contributed by atoms with van der Waals surface area (Å²) in [6.45, 7) is 3.24. The molecule has 1 atom stereocenters. The number of benzene rings is 1. The highest BCUT2D eigenvalue weighted by atomic mass is 16.5. The first kappa shape index (κ1) is 17.0. The van der Waals surface area contributed by atoms with Gasteiger partial charge in [-0.2, -0.15) is 0 Å². The summed E-state index contributed by atoms with van der Waals surface area (Å²) in [5, 5.41) is 0. The summed E-state index contributed by atoms with van der Waals surface area (Å²) in [7, 11) is 0. The second kappa shape index (κ2) is 7.82. The number of esters is 1. The summed E-state index contributed by atoms with van der Waals surface area (Å²) in [4.78, 5) is 26.7. The van der Waals surface area contributed by atoms with Crippen LogP contribution in [0.25, 0.3) is 0 Å². The lowest BCUT2D eigenvalue weighted by Crippen LogP contribution is -2.40. The topological polar surface area (TPSA) is 46.6 Å². The van der Waals surface area contributed by atoms with E-state index in [9.17, 15) is 9.59 Å². The van der Waals surface area contributed by atoms with Crippen LogP contribution in [0.4, 0.5) is 0 Å². The number of aryl methyl sites for hydroxylation is 2. The van der Waals surface area contributed by atoms with Crippen molar-refractivity contribution in [2.75, 3.05) is 13.1 Å². The van der Waals surface area contributed by atoms with E-state index in [1.807, 2.05) is 23.1 Å². The van der Waals surface area contributed by atoms with Gasteiger partial charge in [-0.1, -0.05) is 18.9 Å². The van der Waals surface area contributed by atoms with E-state index in [0.717, 1.165) is 38.8 Å². The fourth-order valence-electron chi connectivity index (χ4n) is 3.69. The molecule has 0 aromatic heterocycles. The molecule has 0 spiro atoms. The number of ether oxygens (including phenoxy) is 1. The Balaban J connectivity index is 1.62. The number of carbonyl (C=O) groups excluding carboxylic acids is 2. The zero-order chi connectivity index (χ0) is 16.9. The predicted octanol–water partition coefficient (Wildman–Crippen LogP) is 3.51. The van der Waals surface area contributed by atoms with Crippen LogP contribution >= 0.6 is 0 Å². The summed E-state index contributed by atoms with van der Waals surface area (Å²) < 4.78 is 5.45. The van der Waals surface area contributed by atoms with Crippen molar-refractivity contribution in [1.29, 1.82) is 0 Å². The van der Waals surface area contributed by atoms with Crippen molar-refractivity contribution < 1.29 is 14.3 Å². The number of likely N-dealkylation sites (tertiary alicyclic amines) is 1. The third kappa shape index (κ3) is 3.97. The Morgan fingerprint density at radius 3 is 2.33 bits per heavy atom. The maximum Gasteiger partial charge on any atom is 0.338 e. The second-order valence-corrected chi connectivity index (χ2v) is 6.98. The summed E-state index contributed by atoms with van der Waals surface area (Å²) in [6, 6.07) is 5.81. The number of nitrogens with zero attached hydrogens (tertiary/aromatic N) is 1. The summed E-state index contributed by atoms with van der Waals surface area (Å²) in [5.41, 5.74) is 3.15. The van der Waals surface area contributed by atoms with Crippen LogP contribution in [0.15, 0.2) is 18.2 Å². The first-order valence-corrected chi connectivity index (χ1v) is 9.27. The van der Waals surface area contributed by atoms with Gasteiger partial charge in [-0.25, -0.2) is 4.79 Å². The van der Waals surface area contributed by atoms with Crippen molar-refractivity contribution >= 4 is 11.9 Å². The third-order valence-electron chi connectivity index (χ3n) is 5.13. The first-order chi connectivity index (χ1) is 11.6. The molecule has 1 aromatic rings. The van der Waals surface area contributed by atoms with Crippen LogP contribution in [0.3, 0.4) is 0 Å². The molecule has 0 bridgehead atoms. The fourth-order valence-corrected chi connectivity index (χ4v) is 3.69. The average molecular weight is 329 g/mol. The molecule has 1 aliphatic heterocycles. The lowest BCUT2D eigenvalue weighted by molar-refractivity contribution is -0.139. The van der Waals surface area contributed by atoms with Gasteiger partial charge in [0.1, 0.15) is 0 Å². The lowest BCUT2D eigenvalue weighted by atomic mass is 9.90. The Morgan fingerprint density at radius 2 is 1.62 bits per heavy atom. The molecule has 1 heterocycles. The minimum absolute atomic E-state index is 0.0665. The van der Waals surface area contributed by atoms with Gasteiger partial charge in [0, 0.05) is 13.1 Å². The highest BCUT2D eigenvalue weighted by Gasteiger charge is 2.25. The molecule has 1 aliphatic carbocycles. The zero-order valence-electron chi connectivity index (χ0n) is 14.6. The SMILES string of the molecule is CC(OC(=O)c1ccc2c(c1)CCCC2)C(=O)N1CCCCCC1. The smallest absolute Gasteiger partial charge is 0.338 e. The van der Waals surface area contributed by atoms with E-state index in [-0.39, 0.29) is 11.9 Å². The highest BCUT2D eigenvalue weighted by molar-refractivity contribution is 5.92. The Labute approximate surface area is 144 Å². The molecule has 24 heavy (non-hydrogen) atoms. The van der Waals surface area contributed by atoms with Gasteiger partial charge in [0.05, 0.1) is 5.56 Å². The molecule has 130 valence electrons. The van der Waals surface area contributed by atoms with Crippen LogP contribution in [0.1, 0.15) is 66.9 Å². The van der Waals surface area contributed by atoms with Crippen LogP contribution in [0.2, 0.25) is 0 Å². The third-order valence-corrected chi connectivity index (χ3v) is 5.13. The number of carbonyl (C=O) groups is 2. The van der Waals surface area contributed by atoms with Crippen LogP contribution < -0.4 is 0 Å². The number of rotatable bonds is 3. The maximum atomic E-state index is 12.5. The molecule has 0 radical (unpaired) electrons. The van der Waals surface area contributed by atoms with E-state index in [2.05, 4.69) is 0 Å². The van der Waals surface area contributed by atoms with Gasteiger partial charge in [-0.3, -0.25) is 4.79 Å². The molecule has 1 fully saturated rings. The van der Waals surface area contributed by atoms with Gasteiger partial charge < -0.3 is 9.64 Å². The molecule has 1 saturated heterocycles. The largest absolute Gasteiger partial charge is 0.449 e. The fraction of sp³-hybridized carbons (Fsp3) is 0.600. The van der Waals surface area contributed by atoms with Gasteiger partial charge in [0.2, 0.25) is 0 Å². The predicted molar refractivity (Wildman–Crippen MR) is 93.0 cm³/mol. The molecule has 3 rings (SSSR count). The van der Waals surface area contributed by atoms with Crippen LogP contribution in [-0.4, -0.2) is 36.0 Å². The average Bonchev–Trinajstić information content (AvgIpc) is 2.89. The summed E-state index contributed by atoms with van der Waals surface area (Å²) in [5.74, 6) is -0.456. The van der Waals surface area contributed by atoms with Crippen molar-refractivity contribution in [2.45, 2.75) is 64.4 Å². The van der Waals surface area contributed by atoms with Crippen LogP contribution in [0.5, 0.6) is 0 Å². The van der Waals surface area contributed by atoms with E-state index in [1.165, 1.54) is 36.8 Å². The minimum Gasteiger partial charge on any atom is -0.449 e. The molecule has 1 amide bonds. The quantitative estimate of drug-likeness (QED) is 0.797. The van der Waals surface area contributed by atoms with Gasteiger partial charge in [0.15, 0.2) is 6.10 Å². The molecule has 0 saturated carbocycles. The number of hydrogen-bond acceptors (Lipinski definition) is 3. The van der Waals surface area contributed by atoms with Crippen molar-refractivity contribution in [3.63, 3.8) is 0 Å². The Kier molecular flexibility index (Phi) is 5.54. The normalized spacial score (nSPS) is 19.1. The monoisotopic (exact) mass is 329 g/mol.